The van der Waals surface area contributed by atoms with Crippen LogP contribution in [0.5, 0.6) is 11.5 Å². The number of nitro groups is 1. The summed E-state index contributed by atoms with van der Waals surface area (Å²) in [6.07, 6.45) is -0.393. The zero-order valence-electron chi connectivity index (χ0n) is 10.2. The highest BCUT2D eigenvalue weighted by atomic mass is 16.6. The summed E-state index contributed by atoms with van der Waals surface area (Å²) in [6, 6.07) is 2.90. The summed E-state index contributed by atoms with van der Waals surface area (Å²) in [6.45, 7) is 1.73. The average molecular weight is 241 g/mol. The second-order valence-electron chi connectivity index (χ2n) is 3.40. The van der Waals surface area contributed by atoms with Crippen molar-refractivity contribution in [3.63, 3.8) is 0 Å². The lowest BCUT2D eigenvalue weighted by atomic mass is 10.1. The van der Waals surface area contributed by atoms with Crippen LogP contribution in [0, 0.1) is 10.1 Å². The molecule has 6 nitrogen and oxygen atoms in total. The fraction of sp³-hybridized carbons (Fsp3) is 0.455. The number of hydrogen-bond acceptors (Lipinski definition) is 5. The lowest BCUT2D eigenvalue weighted by Gasteiger charge is -2.14. The van der Waals surface area contributed by atoms with Crippen LogP contribution in [0.15, 0.2) is 12.1 Å². The van der Waals surface area contributed by atoms with Crippen molar-refractivity contribution in [3.05, 3.63) is 27.8 Å². The lowest BCUT2D eigenvalue weighted by molar-refractivity contribution is -0.386. The summed E-state index contributed by atoms with van der Waals surface area (Å²) < 4.78 is 15.2. The van der Waals surface area contributed by atoms with Gasteiger partial charge in [0.1, 0.15) is 0 Å². The normalized spacial score (nSPS) is 12.0. The van der Waals surface area contributed by atoms with E-state index in [1.165, 1.54) is 27.4 Å². The van der Waals surface area contributed by atoms with E-state index in [1.807, 2.05) is 0 Å². The van der Waals surface area contributed by atoms with Crippen molar-refractivity contribution in [2.45, 2.75) is 13.0 Å². The minimum Gasteiger partial charge on any atom is -0.493 e. The molecule has 0 aliphatic rings. The van der Waals surface area contributed by atoms with Crippen molar-refractivity contribution in [2.24, 2.45) is 0 Å². The highest BCUT2D eigenvalue weighted by Crippen LogP contribution is 2.37. The SMILES string of the molecule is COc1cc(C(C)OC)c([N+](=O)[O-])cc1OC. The summed E-state index contributed by atoms with van der Waals surface area (Å²) in [7, 11) is 4.40. The molecule has 0 spiro atoms. The molecule has 17 heavy (non-hydrogen) atoms. The van der Waals surface area contributed by atoms with Crippen LogP contribution in [-0.4, -0.2) is 26.3 Å². The van der Waals surface area contributed by atoms with Gasteiger partial charge in [0, 0.05) is 7.11 Å². The highest BCUT2D eigenvalue weighted by molar-refractivity contribution is 5.55. The van der Waals surface area contributed by atoms with Gasteiger partial charge in [-0.2, -0.15) is 0 Å². The van der Waals surface area contributed by atoms with Crippen LogP contribution in [0.2, 0.25) is 0 Å². The third kappa shape index (κ3) is 2.65. The van der Waals surface area contributed by atoms with Crippen molar-refractivity contribution in [1.82, 2.24) is 0 Å². The molecule has 1 rings (SSSR count). The zero-order chi connectivity index (χ0) is 13.0. The van der Waals surface area contributed by atoms with Crippen LogP contribution in [-0.2, 0) is 4.74 Å². The summed E-state index contributed by atoms with van der Waals surface area (Å²) >= 11 is 0. The Morgan fingerprint density at radius 2 is 1.71 bits per heavy atom. The quantitative estimate of drug-likeness (QED) is 0.584. The van der Waals surface area contributed by atoms with E-state index in [2.05, 4.69) is 0 Å². The molecule has 0 radical (unpaired) electrons. The second kappa shape index (κ2) is 5.49. The number of rotatable bonds is 5. The Morgan fingerprint density at radius 1 is 1.18 bits per heavy atom. The van der Waals surface area contributed by atoms with Gasteiger partial charge in [-0.05, 0) is 13.0 Å². The first kappa shape index (κ1) is 13.2. The molecule has 1 aromatic carbocycles. The van der Waals surface area contributed by atoms with Crippen LogP contribution in [0.25, 0.3) is 0 Å². The fourth-order valence-corrected chi connectivity index (χ4v) is 1.49. The van der Waals surface area contributed by atoms with Gasteiger partial charge >= 0.3 is 0 Å². The number of methoxy groups -OCH3 is 3. The fourth-order valence-electron chi connectivity index (χ4n) is 1.49. The zero-order valence-corrected chi connectivity index (χ0v) is 10.2. The predicted molar refractivity (Wildman–Crippen MR) is 61.6 cm³/mol. The Hall–Kier alpha value is -1.82. The molecule has 6 heteroatoms. The van der Waals surface area contributed by atoms with Gasteiger partial charge in [0.05, 0.1) is 36.9 Å². The van der Waals surface area contributed by atoms with Crippen molar-refractivity contribution in [1.29, 1.82) is 0 Å². The predicted octanol–water partition coefficient (Wildman–Crippen LogP) is 2.32. The van der Waals surface area contributed by atoms with Crippen LogP contribution >= 0.6 is 0 Å². The smallest absolute Gasteiger partial charge is 0.279 e. The Morgan fingerprint density at radius 3 is 2.12 bits per heavy atom. The Kier molecular flexibility index (Phi) is 4.28. The van der Waals surface area contributed by atoms with Crippen molar-refractivity contribution in [3.8, 4) is 11.5 Å². The minimum atomic E-state index is -0.465. The van der Waals surface area contributed by atoms with Gasteiger partial charge in [-0.15, -0.1) is 0 Å². The minimum absolute atomic E-state index is 0.0444. The van der Waals surface area contributed by atoms with Gasteiger partial charge in [0.2, 0.25) is 0 Å². The standard InChI is InChI=1S/C11H15NO5/c1-7(15-2)8-5-10(16-3)11(17-4)6-9(8)12(13)14/h5-7H,1-4H3. The second-order valence-corrected chi connectivity index (χ2v) is 3.40. The number of nitrogens with zero attached hydrogens (tertiary/aromatic N) is 1. The summed E-state index contributed by atoms with van der Waals surface area (Å²) in [5.41, 5.74) is 0.409. The van der Waals surface area contributed by atoms with Gasteiger partial charge in [0.15, 0.2) is 11.5 Å². The maximum atomic E-state index is 11.0. The first-order chi connectivity index (χ1) is 8.04. The molecule has 0 amide bonds. The van der Waals surface area contributed by atoms with E-state index in [0.717, 1.165) is 0 Å². The molecule has 1 aromatic rings. The highest BCUT2D eigenvalue weighted by Gasteiger charge is 2.23. The number of benzene rings is 1. The van der Waals surface area contributed by atoms with Crippen molar-refractivity contribution in [2.75, 3.05) is 21.3 Å². The molecule has 0 saturated heterocycles. The Bertz CT molecular complexity index is 419. The molecule has 0 aliphatic heterocycles. The van der Waals surface area contributed by atoms with Crippen LogP contribution < -0.4 is 9.47 Å². The third-order valence-electron chi connectivity index (χ3n) is 2.52. The maximum Gasteiger partial charge on any atom is 0.279 e. The first-order valence-electron chi connectivity index (χ1n) is 4.98. The largest absolute Gasteiger partial charge is 0.493 e. The van der Waals surface area contributed by atoms with E-state index in [0.29, 0.717) is 17.1 Å². The van der Waals surface area contributed by atoms with E-state index >= 15 is 0 Å². The van der Waals surface area contributed by atoms with E-state index in [9.17, 15) is 10.1 Å². The van der Waals surface area contributed by atoms with E-state index in [-0.39, 0.29) is 5.69 Å². The van der Waals surface area contributed by atoms with E-state index in [4.69, 9.17) is 14.2 Å². The number of nitro benzene ring substituents is 1. The van der Waals surface area contributed by atoms with Gasteiger partial charge in [-0.1, -0.05) is 0 Å². The van der Waals surface area contributed by atoms with E-state index in [1.54, 1.807) is 13.0 Å². The van der Waals surface area contributed by atoms with Crippen LogP contribution in [0.1, 0.15) is 18.6 Å². The number of hydrogen-bond donors (Lipinski definition) is 0. The molecule has 1 unspecified atom stereocenters. The molecule has 1 atom stereocenters. The monoisotopic (exact) mass is 241 g/mol. The molecule has 0 N–H and O–H groups in total. The van der Waals surface area contributed by atoms with Gasteiger partial charge in [-0.25, -0.2) is 0 Å². The molecule has 0 fully saturated rings. The maximum absolute atomic E-state index is 11.0. The Labute approximate surface area is 99.2 Å². The lowest BCUT2D eigenvalue weighted by Crippen LogP contribution is -2.03. The molecule has 0 aromatic heterocycles. The topological polar surface area (TPSA) is 70.8 Å². The molecule has 0 heterocycles. The van der Waals surface area contributed by atoms with Gasteiger partial charge < -0.3 is 14.2 Å². The first-order valence-corrected chi connectivity index (χ1v) is 4.98. The number of ether oxygens (including phenoxy) is 3. The molecule has 94 valence electrons. The molecule has 0 aliphatic carbocycles. The third-order valence-corrected chi connectivity index (χ3v) is 2.52. The summed E-state index contributed by atoms with van der Waals surface area (Å²) in [5, 5.41) is 11.0. The van der Waals surface area contributed by atoms with Crippen molar-refractivity contribution >= 4 is 5.69 Å². The summed E-state index contributed by atoms with van der Waals surface area (Å²) in [5.74, 6) is 0.767. The van der Waals surface area contributed by atoms with Gasteiger partial charge in [-0.3, -0.25) is 10.1 Å². The van der Waals surface area contributed by atoms with Crippen LogP contribution in [0.3, 0.4) is 0 Å². The summed E-state index contributed by atoms with van der Waals surface area (Å²) in [4.78, 5) is 10.5. The van der Waals surface area contributed by atoms with Crippen molar-refractivity contribution < 1.29 is 19.1 Å². The van der Waals surface area contributed by atoms with Crippen LogP contribution in [0.4, 0.5) is 5.69 Å². The molecule has 0 saturated carbocycles. The molecule has 0 bridgehead atoms. The van der Waals surface area contributed by atoms with E-state index < -0.39 is 11.0 Å². The molecular weight excluding hydrogens is 226 g/mol. The van der Waals surface area contributed by atoms with Gasteiger partial charge in [0.25, 0.3) is 5.69 Å². The average Bonchev–Trinajstić information content (AvgIpc) is 2.35. The Balaban J connectivity index is 3.40. The molecular formula is C11H15NO5.